The summed E-state index contributed by atoms with van der Waals surface area (Å²) in [6.07, 6.45) is 1.63. The third-order valence-electron chi connectivity index (χ3n) is 3.49. The van der Waals surface area contributed by atoms with Gasteiger partial charge in [-0.1, -0.05) is 36.4 Å². The van der Waals surface area contributed by atoms with Crippen LogP contribution in [0.1, 0.15) is 21.6 Å². The van der Waals surface area contributed by atoms with E-state index in [1.54, 1.807) is 10.9 Å². The first-order valence-corrected chi connectivity index (χ1v) is 6.19. The normalized spacial score (nSPS) is 10.8. The molecule has 0 bridgehead atoms. The minimum absolute atomic E-state index is 0.0244. The van der Waals surface area contributed by atoms with Gasteiger partial charge >= 0.3 is 0 Å². The molecular weight excluding hydrogens is 236 g/mol. The summed E-state index contributed by atoms with van der Waals surface area (Å²) in [4.78, 5) is 12.5. The van der Waals surface area contributed by atoms with Gasteiger partial charge in [-0.2, -0.15) is 5.10 Å². The molecule has 19 heavy (non-hydrogen) atoms. The van der Waals surface area contributed by atoms with Crippen molar-refractivity contribution in [2.24, 2.45) is 7.05 Å². The van der Waals surface area contributed by atoms with Gasteiger partial charge in [0.2, 0.25) is 0 Å². The number of rotatable bonds is 2. The van der Waals surface area contributed by atoms with Gasteiger partial charge < -0.3 is 0 Å². The molecule has 0 saturated carbocycles. The largest absolute Gasteiger partial charge is 0.288 e. The Morgan fingerprint density at radius 1 is 1.11 bits per heavy atom. The fourth-order valence-electron chi connectivity index (χ4n) is 2.21. The lowest BCUT2D eigenvalue weighted by Gasteiger charge is -2.03. The van der Waals surface area contributed by atoms with Crippen molar-refractivity contribution in [3.05, 3.63) is 65.5 Å². The van der Waals surface area contributed by atoms with Crippen LogP contribution >= 0.6 is 0 Å². The van der Waals surface area contributed by atoms with E-state index < -0.39 is 0 Å². The Hall–Kier alpha value is -2.42. The summed E-state index contributed by atoms with van der Waals surface area (Å²) in [5.74, 6) is 0.0244. The quantitative estimate of drug-likeness (QED) is 0.655. The van der Waals surface area contributed by atoms with Crippen molar-refractivity contribution in [1.82, 2.24) is 9.78 Å². The van der Waals surface area contributed by atoms with Crippen molar-refractivity contribution < 1.29 is 4.79 Å². The topological polar surface area (TPSA) is 34.9 Å². The number of aromatic nitrogens is 2. The second-order valence-electron chi connectivity index (χ2n) is 4.66. The van der Waals surface area contributed by atoms with E-state index >= 15 is 0 Å². The fraction of sp³-hybridized carbons (Fsp3) is 0.125. The van der Waals surface area contributed by atoms with Crippen LogP contribution in [0.4, 0.5) is 0 Å². The summed E-state index contributed by atoms with van der Waals surface area (Å²) in [6, 6.07) is 13.8. The van der Waals surface area contributed by atoms with E-state index in [4.69, 9.17) is 0 Å². The van der Waals surface area contributed by atoms with Crippen molar-refractivity contribution in [3.8, 4) is 0 Å². The van der Waals surface area contributed by atoms with E-state index in [0.717, 1.165) is 16.5 Å². The van der Waals surface area contributed by atoms with Crippen molar-refractivity contribution >= 4 is 16.6 Å². The van der Waals surface area contributed by atoms with E-state index in [-0.39, 0.29) is 5.78 Å². The van der Waals surface area contributed by atoms with Crippen LogP contribution in [-0.2, 0) is 7.05 Å². The van der Waals surface area contributed by atoms with E-state index in [1.165, 1.54) is 0 Å². The van der Waals surface area contributed by atoms with Gasteiger partial charge in [0.05, 0.1) is 11.8 Å². The molecular formula is C16H14N2O. The number of carbonyl (C=O) groups is 1. The van der Waals surface area contributed by atoms with Gasteiger partial charge in [-0.3, -0.25) is 9.48 Å². The van der Waals surface area contributed by atoms with E-state index in [2.05, 4.69) is 5.10 Å². The molecule has 0 saturated heterocycles. The lowest BCUT2D eigenvalue weighted by atomic mass is 10.0. The number of aryl methyl sites for hydroxylation is 1. The summed E-state index contributed by atoms with van der Waals surface area (Å²) in [5.41, 5.74) is 2.26. The average molecular weight is 250 g/mol. The molecule has 0 aliphatic carbocycles. The summed E-state index contributed by atoms with van der Waals surface area (Å²) in [7, 11) is 1.84. The molecule has 94 valence electrons. The van der Waals surface area contributed by atoms with Crippen molar-refractivity contribution in [3.63, 3.8) is 0 Å². The molecule has 0 atom stereocenters. The first kappa shape index (κ1) is 11.7. The second-order valence-corrected chi connectivity index (χ2v) is 4.66. The molecule has 0 spiro atoms. The molecule has 0 fully saturated rings. The Kier molecular flexibility index (Phi) is 2.67. The summed E-state index contributed by atoms with van der Waals surface area (Å²) in [6.45, 7) is 1.90. The fourth-order valence-corrected chi connectivity index (χ4v) is 2.21. The van der Waals surface area contributed by atoms with Crippen molar-refractivity contribution in [1.29, 1.82) is 0 Å². The molecule has 3 rings (SSSR count). The molecule has 2 aromatic carbocycles. The van der Waals surface area contributed by atoms with Gasteiger partial charge in [0.15, 0.2) is 5.78 Å². The highest BCUT2D eigenvalue weighted by molar-refractivity contribution is 6.11. The van der Waals surface area contributed by atoms with Gasteiger partial charge in [0.1, 0.15) is 0 Å². The number of nitrogens with zero attached hydrogens (tertiary/aromatic N) is 2. The minimum Gasteiger partial charge on any atom is -0.288 e. The van der Waals surface area contributed by atoms with E-state index in [1.807, 2.05) is 56.4 Å². The lowest BCUT2D eigenvalue weighted by Crippen LogP contribution is -2.03. The maximum absolute atomic E-state index is 12.5. The van der Waals surface area contributed by atoms with Crippen LogP contribution in [0.2, 0.25) is 0 Å². The predicted molar refractivity (Wildman–Crippen MR) is 75.3 cm³/mol. The third-order valence-corrected chi connectivity index (χ3v) is 3.49. The molecule has 3 nitrogen and oxygen atoms in total. The zero-order chi connectivity index (χ0) is 13.4. The summed E-state index contributed by atoms with van der Waals surface area (Å²) >= 11 is 0. The molecule has 0 N–H and O–H groups in total. The third kappa shape index (κ3) is 1.93. The molecule has 1 heterocycles. The van der Waals surface area contributed by atoms with Crippen LogP contribution in [0.5, 0.6) is 0 Å². The lowest BCUT2D eigenvalue weighted by molar-refractivity contribution is 0.103. The second kappa shape index (κ2) is 4.35. The Bertz CT molecular complexity index is 771. The Morgan fingerprint density at radius 3 is 2.53 bits per heavy atom. The van der Waals surface area contributed by atoms with Gasteiger partial charge in [-0.05, 0) is 23.8 Å². The summed E-state index contributed by atoms with van der Waals surface area (Å²) in [5, 5.41) is 6.34. The highest BCUT2D eigenvalue weighted by Crippen LogP contribution is 2.19. The molecule has 1 aromatic heterocycles. The van der Waals surface area contributed by atoms with E-state index in [9.17, 15) is 4.79 Å². The van der Waals surface area contributed by atoms with E-state index in [0.29, 0.717) is 11.1 Å². The number of benzene rings is 2. The predicted octanol–water partition coefficient (Wildman–Crippen LogP) is 3.11. The zero-order valence-corrected chi connectivity index (χ0v) is 10.9. The Labute approximate surface area is 111 Å². The minimum atomic E-state index is 0.0244. The first-order chi connectivity index (χ1) is 9.16. The van der Waals surface area contributed by atoms with Gasteiger partial charge in [0, 0.05) is 18.3 Å². The Balaban J connectivity index is 2.09. The van der Waals surface area contributed by atoms with Crippen molar-refractivity contribution in [2.75, 3.05) is 0 Å². The first-order valence-electron chi connectivity index (χ1n) is 6.19. The smallest absolute Gasteiger partial charge is 0.196 e. The van der Waals surface area contributed by atoms with Crippen LogP contribution in [0.15, 0.2) is 48.7 Å². The number of hydrogen-bond donors (Lipinski definition) is 0. The molecule has 3 heteroatoms. The molecule has 0 aliphatic heterocycles. The molecule has 0 aliphatic rings. The number of ketones is 1. The summed E-state index contributed by atoms with van der Waals surface area (Å²) < 4.78 is 1.72. The standard InChI is InChI=1S/C16H14N2O/c1-11-15(10-17-18(11)2)16(19)14-8-7-12-5-3-4-6-13(12)9-14/h3-10H,1-2H3. The molecule has 0 radical (unpaired) electrons. The maximum atomic E-state index is 12.5. The molecule has 0 unspecified atom stereocenters. The highest BCUT2D eigenvalue weighted by Gasteiger charge is 2.15. The average Bonchev–Trinajstić information content (AvgIpc) is 2.78. The van der Waals surface area contributed by atoms with Gasteiger partial charge in [0.25, 0.3) is 0 Å². The van der Waals surface area contributed by atoms with Crippen LogP contribution in [0.3, 0.4) is 0 Å². The van der Waals surface area contributed by atoms with Crippen LogP contribution in [0, 0.1) is 6.92 Å². The monoisotopic (exact) mass is 250 g/mol. The van der Waals surface area contributed by atoms with Crippen LogP contribution in [-0.4, -0.2) is 15.6 Å². The van der Waals surface area contributed by atoms with Gasteiger partial charge in [-0.25, -0.2) is 0 Å². The van der Waals surface area contributed by atoms with Gasteiger partial charge in [-0.15, -0.1) is 0 Å². The maximum Gasteiger partial charge on any atom is 0.196 e. The molecule has 3 aromatic rings. The van der Waals surface area contributed by atoms with Crippen LogP contribution < -0.4 is 0 Å². The SMILES string of the molecule is Cc1c(C(=O)c2ccc3ccccc3c2)cnn1C. The highest BCUT2D eigenvalue weighted by atomic mass is 16.1. The number of hydrogen-bond acceptors (Lipinski definition) is 2. The van der Waals surface area contributed by atoms with Crippen LogP contribution in [0.25, 0.3) is 10.8 Å². The Morgan fingerprint density at radius 2 is 1.84 bits per heavy atom. The number of carbonyl (C=O) groups excluding carboxylic acids is 1. The van der Waals surface area contributed by atoms with Crippen molar-refractivity contribution in [2.45, 2.75) is 6.92 Å². The molecule has 0 amide bonds. The number of fused-ring (bicyclic) bond motifs is 1. The zero-order valence-electron chi connectivity index (χ0n) is 10.9.